The van der Waals surface area contributed by atoms with Gasteiger partial charge in [-0.25, -0.2) is 15.0 Å². The number of imidazole rings is 1. The molecule has 0 N–H and O–H groups in total. The molecule has 26 heavy (non-hydrogen) atoms. The highest BCUT2D eigenvalue weighted by atomic mass is 16.5. The van der Waals surface area contributed by atoms with E-state index in [1.807, 2.05) is 46.7 Å². The average molecular weight is 351 g/mol. The van der Waals surface area contributed by atoms with Gasteiger partial charge in [-0.2, -0.15) is 0 Å². The Morgan fingerprint density at radius 3 is 3.08 bits per heavy atom. The van der Waals surface area contributed by atoms with E-state index in [2.05, 4.69) is 15.0 Å². The largest absolute Gasteiger partial charge is 0.375 e. The van der Waals surface area contributed by atoms with Crippen LogP contribution in [0.1, 0.15) is 28.3 Å². The summed E-state index contributed by atoms with van der Waals surface area (Å²) < 4.78 is 7.78. The summed E-state index contributed by atoms with van der Waals surface area (Å²) in [7, 11) is 0. The van der Waals surface area contributed by atoms with Crippen molar-refractivity contribution in [2.24, 2.45) is 0 Å². The van der Waals surface area contributed by atoms with Gasteiger partial charge in [0.1, 0.15) is 17.7 Å². The first-order valence-electron chi connectivity index (χ1n) is 8.81. The maximum atomic E-state index is 12.9. The summed E-state index contributed by atoms with van der Waals surface area (Å²) in [5, 5.41) is 0. The first kappa shape index (κ1) is 16.7. The molecule has 3 aromatic heterocycles. The monoisotopic (exact) mass is 351 g/mol. The van der Waals surface area contributed by atoms with Gasteiger partial charge in [0, 0.05) is 36.9 Å². The van der Waals surface area contributed by atoms with E-state index in [1.165, 1.54) is 0 Å². The molecular formula is C19H21N5O2. The number of morpholine rings is 1. The molecule has 1 aliphatic rings. The Hall–Kier alpha value is -2.80. The molecule has 0 aromatic carbocycles. The smallest absolute Gasteiger partial charge is 0.274 e. The van der Waals surface area contributed by atoms with Crippen molar-refractivity contribution in [3.63, 3.8) is 0 Å². The number of hydrogen-bond donors (Lipinski definition) is 0. The van der Waals surface area contributed by atoms with Gasteiger partial charge in [0.25, 0.3) is 5.91 Å². The second kappa shape index (κ2) is 7.21. The van der Waals surface area contributed by atoms with Crippen molar-refractivity contribution in [3.8, 4) is 0 Å². The van der Waals surface area contributed by atoms with Crippen molar-refractivity contribution in [2.75, 3.05) is 19.7 Å². The second-order valence-electron chi connectivity index (χ2n) is 6.50. The van der Waals surface area contributed by atoms with E-state index in [-0.39, 0.29) is 12.0 Å². The molecule has 0 radical (unpaired) electrons. The van der Waals surface area contributed by atoms with Crippen molar-refractivity contribution in [3.05, 3.63) is 60.1 Å². The lowest BCUT2D eigenvalue weighted by Crippen LogP contribution is -2.45. The Balaban J connectivity index is 1.43. The maximum absolute atomic E-state index is 12.9. The summed E-state index contributed by atoms with van der Waals surface area (Å²) >= 11 is 0. The summed E-state index contributed by atoms with van der Waals surface area (Å²) in [6.45, 7) is 3.72. The molecule has 7 heteroatoms. The van der Waals surface area contributed by atoms with Crippen molar-refractivity contribution < 1.29 is 9.53 Å². The van der Waals surface area contributed by atoms with Crippen LogP contribution >= 0.6 is 0 Å². The van der Waals surface area contributed by atoms with E-state index >= 15 is 0 Å². The minimum Gasteiger partial charge on any atom is -0.375 e. The highest BCUT2D eigenvalue weighted by Crippen LogP contribution is 2.15. The van der Waals surface area contributed by atoms with Gasteiger partial charge in [0.05, 0.1) is 12.7 Å². The first-order valence-corrected chi connectivity index (χ1v) is 8.81. The molecule has 4 rings (SSSR count). The number of carbonyl (C=O) groups excluding carboxylic acids is 1. The van der Waals surface area contributed by atoms with Gasteiger partial charge in [-0.05, 0) is 38.0 Å². The normalized spacial score (nSPS) is 17.6. The fraction of sp³-hybridized carbons (Fsp3) is 0.368. The van der Waals surface area contributed by atoms with Crippen molar-refractivity contribution in [2.45, 2.75) is 25.9 Å². The summed E-state index contributed by atoms with van der Waals surface area (Å²) in [4.78, 5) is 27.4. The lowest BCUT2D eigenvalue weighted by atomic mass is 10.1. The molecule has 0 bridgehead atoms. The van der Waals surface area contributed by atoms with E-state index < -0.39 is 0 Å². The van der Waals surface area contributed by atoms with Crippen LogP contribution in [0, 0.1) is 6.92 Å². The number of carbonyl (C=O) groups is 1. The molecule has 1 atom stereocenters. The van der Waals surface area contributed by atoms with Crippen LogP contribution in [0.25, 0.3) is 5.65 Å². The molecule has 0 spiro atoms. The van der Waals surface area contributed by atoms with Crippen LogP contribution in [0.2, 0.25) is 0 Å². The minimum absolute atomic E-state index is 0.0152. The number of hydrogen-bond acceptors (Lipinski definition) is 5. The summed E-state index contributed by atoms with van der Waals surface area (Å²) in [5.74, 6) is -0.0385. The zero-order chi connectivity index (χ0) is 17.9. The van der Waals surface area contributed by atoms with Crippen molar-refractivity contribution in [1.29, 1.82) is 0 Å². The molecule has 7 nitrogen and oxygen atoms in total. The molecule has 0 saturated carbocycles. The van der Waals surface area contributed by atoms with Crippen molar-refractivity contribution in [1.82, 2.24) is 24.3 Å². The third kappa shape index (κ3) is 3.43. The van der Waals surface area contributed by atoms with Gasteiger partial charge in [-0.3, -0.25) is 4.79 Å². The van der Waals surface area contributed by atoms with E-state index in [0.29, 0.717) is 25.4 Å². The zero-order valence-electron chi connectivity index (χ0n) is 14.7. The molecule has 0 aliphatic carbocycles. The van der Waals surface area contributed by atoms with Crippen LogP contribution < -0.4 is 0 Å². The number of aryl methyl sites for hydroxylation is 2. The SMILES string of the molecule is Cc1cccc2nc(C(=O)N3CCOC(CCc4ccncn4)C3)cn12. The van der Waals surface area contributed by atoms with E-state index in [0.717, 1.165) is 29.9 Å². The molecule has 1 aliphatic heterocycles. The average Bonchev–Trinajstić information content (AvgIpc) is 3.13. The number of pyridine rings is 1. The predicted molar refractivity (Wildman–Crippen MR) is 95.9 cm³/mol. The number of amides is 1. The van der Waals surface area contributed by atoms with Crippen LogP contribution in [0.5, 0.6) is 0 Å². The number of nitrogens with zero attached hydrogens (tertiary/aromatic N) is 5. The van der Waals surface area contributed by atoms with Crippen LogP contribution in [0.15, 0.2) is 43.0 Å². The lowest BCUT2D eigenvalue weighted by Gasteiger charge is -2.32. The topological polar surface area (TPSA) is 72.6 Å². The highest BCUT2D eigenvalue weighted by Gasteiger charge is 2.26. The predicted octanol–water partition coefficient (Wildman–Crippen LogP) is 1.91. The Bertz CT molecular complexity index is 909. The Labute approximate surface area is 151 Å². The molecular weight excluding hydrogens is 330 g/mol. The lowest BCUT2D eigenvalue weighted by molar-refractivity contribution is -0.0248. The molecule has 1 fully saturated rings. The fourth-order valence-electron chi connectivity index (χ4n) is 3.27. The quantitative estimate of drug-likeness (QED) is 0.718. The Kier molecular flexibility index (Phi) is 4.62. The van der Waals surface area contributed by atoms with Gasteiger partial charge in [0.2, 0.25) is 0 Å². The van der Waals surface area contributed by atoms with Gasteiger partial charge in [0.15, 0.2) is 0 Å². The third-order valence-corrected chi connectivity index (χ3v) is 4.71. The zero-order valence-corrected chi connectivity index (χ0v) is 14.7. The first-order chi connectivity index (χ1) is 12.7. The van der Waals surface area contributed by atoms with Crippen LogP contribution in [0.4, 0.5) is 0 Å². The minimum atomic E-state index is -0.0385. The number of rotatable bonds is 4. The van der Waals surface area contributed by atoms with Crippen LogP contribution in [0.3, 0.4) is 0 Å². The van der Waals surface area contributed by atoms with Gasteiger partial charge < -0.3 is 14.0 Å². The second-order valence-corrected chi connectivity index (χ2v) is 6.50. The van der Waals surface area contributed by atoms with E-state index in [1.54, 1.807) is 12.5 Å². The van der Waals surface area contributed by atoms with E-state index in [4.69, 9.17) is 4.74 Å². The number of fused-ring (bicyclic) bond motifs is 1. The highest BCUT2D eigenvalue weighted by molar-refractivity contribution is 5.93. The standard InChI is InChI=1S/C19H21N5O2/c1-14-3-2-4-18-22-17(12-24(14)18)19(25)23-9-10-26-16(11-23)6-5-15-7-8-20-13-21-15/h2-4,7-8,12-13,16H,5-6,9-11H2,1H3. The number of aromatic nitrogens is 4. The number of ether oxygens (including phenoxy) is 1. The Morgan fingerprint density at radius 2 is 2.27 bits per heavy atom. The van der Waals surface area contributed by atoms with Gasteiger partial charge in [-0.15, -0.1) is 0 Å². The summed E-state index contributed by atoms with van der Waals surface area (Å²) in [5.41, 5.74) is 3.32. The molecule has 4 heterocycles. The molecule has 1 saturated heterocycles. The van der Waals surface area contributed by atoms with Crippen molar-refractivity contribution >= 4 is 11.6 Å². The molecule has 1 amide bonds. The van der Waals surface area contributed by atoms with Gasteiger partial charge >= 0.3 is 0 Å². The summed E-state index contributed by atoms with van der Waals surface area (Å²) in [6.07, 6.45) is 6.76. The van der Waals surface area contributed by atoms with Gasteiger partial charge in [-0.1, -0.05) is 6.07 Å². The van der Waals surface area contributed by atoms with E-state index in [9.17, 15) is 4.79 Å². The third-order valence-electron chi connectivity index (χ3n) is 4.71. The maximum Gasteiger partial charge on any atom is 0.274 e. The Morgan fingerprint density at radius 1 is 1.35 bits per heavy atom. The fourth-order valence-corrected chi connectivity index (χ4v) is 3.27. The molecule has 134 valence electrons. The van der Waals surface area contributed by atoms with Crippen LogP contribution in [-0.2, 0) is 11.2 Å². The van der Waals surface area contributed by atoms with Crippen LogP contribution in [-0.4, -0.2) is 56.0 Å². The molecule has 3 aromatic rings. The molecule has 1 unspecified atom stereocenters. The summed E-state index contributed by atoms with van der Waals surface area (Å²) in [6, 6.07) is 7.77.